The molecule has 0 heterocycles. The van der Waals surface area contributed by atoms with Gasteiger partial charge in [0.25, 0.3) is 0 Å². The van der Waals surface area contributed by atoms with E-state index in [1.807, 2.05) is 24.3 Å². The van der Waals surface area contributed by atoms with E-state index in [0.717, 1.165) is 24.8 Å². The summed E-state index contributed by atoms with van der Waals surface area (Å²) in [6.45, 7) is 4.31. The third-order valence-electron chi connectivity index (χ3n) is 4.28. The largest absolute Gasteiger partial charge is 0.395 e. The van der Waals surface area contributed by atoms with Gasteiger partial charge in [0, 0.05) is 10.4 Å². The molecular weight excluding hydrogens is 272 g/mol. The van der Waals surface area contributed by atoms with Gasteiger partial charge in [-0.3, -0.25) is 0 Å². The van der Waals surface area contributed by atoms with Crippen molar-refractivity contribution in [1.82, 2.24) is 0 Å². The topological polar surface area (TPSA) is 40.5 Å². The van der Waals surface area contributed by atoms with Crippen LogP contribution in [0, 0.1) is 5.92 Å². The highest BCUT2D eigenvalue weighted by molar-refractivity contribution is 6.30. The van der Waals surface area contributed by atoms with Crippen LogP contribution in [0.4, 0.5) is 0 Å². The molecule has 3 heteroatoms. The van der Waals surface area contributed by atoms with Gasteiger partial charge in [0.2, 0.25) is 0 Å². The van der Waals surface area contributed by atoms with Gasteiger partial charge in [-0.2, -0.15) is 0 Å². The van der Waals surface area contributed by atoms with Gasteiger partial charge >= 0.3 is 0 Å². The molecular formula is C17H27ClO2. The molecule has 1 unspecified atom stereocenters. The Balaban J connectivity index is 2.92. The predicted molar refractivity (Wildman–Crippen MR) is 85.2 cm³/mol. The predicted octanol–water partition coefficient (Wildman–Crippen LogP) is 4.17. The highest BCUT2D eigenvalue weighted by atomic mass is 35.5. The molecule has 0 amide bonds. The van der Waals surface area contributed by atoms with Crippen LogP contribution < -0.4 is 0 Å². The highest BCUT2D eigenvalue weighted by Crippen LogP contribution is 2.34. The van der Waals surface area contributed by atoms with E-state index in [9.17, 15) is 10.2 Å². The molecule has 0 fully saturated rings. The molecule has 1 atom stereocenters. The summed E-state index contributed by atoms with van der Waals surface area (Å²) in [5.74, 6) is 0.532. The zero-order chi connectivity index (χ0) is 15.0. The summed E-state index contributed by atoms with van der Waals surface area (Å²) in [5, 5.41) is 20.4. The molecule has 0 radical (unpaired) electrons. The van der Waals surface area contributed by atoms with E-state index in [0.29, 0.717) is 10.9 Å². The Morgan fingerprint density at radius 2 is 1.70 bits per heavy atom. The number of aliphatic hydroxyl groups is 2. The molecule has 1 rings (SSSR count). The van der Waals surface area contributed by atoms with E-state index in [4.69, 9.17) is 11.6 Å². The van der Waals surface area contributed by atoms with Crippen LogP contribution in [-0.4, -0.2) is 23.4 Å². The minimum absolute atomic E-state index is 0.0340. The average molecular weight is 299 g/mol. The normalized spacial score (nSPS) is 13.4. The molecule has 0 saturated carbocycles. The van der Waals surface area contributed by atoms with Gasteiger partial charge in [0.05, 0.1) is 13.2 Å². The molecule has 0 aliphatic carbocycles. The first-order valence-electron chi connectivity index (χ1n) is 7.59. The minimum Gasteiger partial charge on any atom is -0.395 e. The second-order valence-electron chi connectivity index (χ2n) is 5.72. The van der Waals surface area contributed by atoms with Crippen molar-refractivity contribution in [1.29, 1.82) is 0 Å². The molecule has 0 aliphatic rings. The fourth-order valence-corrected chi connectivity index (χ4v) is 2.90. The van der Waals surface area contributed by atoms with Crippen LogP contribution in [-0.2, 0) is 5.41 Å². The number of benzene rings is 1. The summed E-state index contributed by atoms with van der Waals surface area (Å²) in [6.07, 6.45) is 5.44. The van der Waals surface area contributed by atoms with Crippen molar-refractivity contribution in [3.8, 4) is 0 Å². The van der Waals surface area contributed by atoms with Crippen molar-refractivity contribution in [2.24, 2.45) is 5.92 Å². The van der Waals surface area contributed by atoms with Gasteiger partial charge in [-0.25, -0.2) is 0 Å². The van der Waals surface area contributed by atoms with Crippen molar-refractivity contribution in [3.63, 3.8) is 0 Å². The zero-order valence-electron chi connectivity index (χ0n) is 12.6. The van der Waals surface area contributed by atoms with Gasteiger partial charge in [-0.15, -0.1) is 0 Å². The Morgan fingerprint density at radius 1 is 1.10 bits per heavy atom. The molecule has 1 aromatic rings. The maximum Gasteiger partial charge on any atom is 0.0550 e. The maximum absolute atomic E-state index is 9.88. The summed E-state index contributed by atoms with van der Waals surface area (Å²) in [7, 11) is 0. The first-order valence-corrected chi connectivity index (χ1v) is 7.97. The van der Waals surface area contributed by atoms with Gasteiger partial charge in [-0.05, 0) is 30.0 Å². The van der Waals surface area contributed by atoms with E-state index < -0.39 is 5.41 Å². The number of halogens is 1. The second-order valence-corrected chi connectivity index (χ2v) is 6.16. The van der Waals surface area contributed by atoms with E-state index in [-0.39, 0.29) is 13.2 Å². The van der Waals surface area contributed by atoms with Crippen LogP contribution >= 0.6 is 11.6 Å². The van der Waals surface area contributed by atoms with Crippen molar-refractivity contribution < 1.29 is 10.2 Å². The standard InChI is InChI=1S/C17H27ClO2/c1-3-5-6-14(4-2)11-17(12-19,13-20)15-7-9-16(18)10-8-15/h7-10,14,19-20H,3-6,11-13H2,1-2H3. The van der Waals surface area contributed by atoms with E-state index in [1.54, 1.807) is 0 Å². The van der Waals surface area contributed by atoms with Gasteiger partial charge in [0.1, 0.15) is 0 Å². The fourth-order valence-electron chi connectivity index (χ4n) is 2.78. The van der Waals surface area contributed by atoms with Gasteiger partial charge in [0.15, 0.2) is 0 Å². The molecule has 2 N–H and O–H groups in total. The number of aliphatic hydroxyl groups excluding tert-OH is 2. The lowest BCUT2D eigenvalue weighted by atomic mass is 9.73. The van der Waals surface area contributed by atoms with Crippen LogP contribution in [0.2, 0.25) is 5.02 Å². The number of unbranched alkanes of at least 4 members (excludes halogenated alkanes) is 1. The van der Waals surface area contributed by atoms with Gasteiger partial charge in [-0.1, -0.05) is 63.3 Å². The van der Waals surface area contributed by atoms with Crippen LogP contribution in [0.5, 0.6) is 0 Å². The molecule has 2 nitrogen and oxygen atoms in total. The molecule has 20 heavy (non-hydrogen) atoms. The molecule has 0 saturated heterocycles. The summed E-state index contributed by atoms with van der Waals surface area (Å²) < 4.78 is 0. The van der Waals surface area contributed by atoms with E-state index >= 15 is 0 Å². The Morgan fingerprint density at radius 3 is 2.15 bits per heavy atom. The SMILES string of the molecule is CCCCC(CC)CC(CO)(CO)c1ccc(Cl)cc1. The summed E-state index contributed by atoms with van der Waals surface area (Å²) in [4.78, 5) is 0. The zero-order valence-corrected chi connectivity index (χ0v) is 13.4. The van der Waals surface area contributed by atoms with Crippen LogP contribution in [0.15, 0.2) is 24.3 Å². The Bertz CT molecular complexity index is 371. The second kappa shape index (κ2) is 8.66. The molecule has 0 aliphatic heterocycles. The maximum atomic E-state index is 9.88. The lowest BCUT2D eigenvalue weighted by Gasteiger charge is -2.34. The molecule has 1 aromatic carbocycles. The van der Waals surface area contributed by atoms with E-state index in [1.165, 1.54) is 12.8 Å². The summed E-state index contributed by atoms with van der Waals surface area (Å²) in [6, 6.07) is 7.48. The summed E-state index contributed by atoms with van der Waals surface area (Å²) >= 11 is 5.92. The van der Waals surface area contributed by atoms with Crippen molar-refractivity contribution >= 4 is 11.6 Å². The lowest BCUT2D eigenvalue weighted by molar-refractivity contribution is 0.0922. The monoisotopic (exact) mass is 298 g/mol. The van der Waals surface area contributed by atoms with E-state index in [2.05, 4.69) is 13.8 Å². The Hall–Kier alpha value is -0.570. The molecule has 0 aromatic heterocycles. The summed E-state index contributed by atoms with van der Waals surface area (Å²) in [5.41, 5.74) is 0.417. The van der Waals surface area contributed by atoms with Crippen LogP contribution in [0.3, 0.4) is 0 Å². The Labute approximate surface area is 127 Å². The van der Waals surface area contributed by atoms with Crippen molar-refractivity contribution in [2.45, 2.75) is 51.4 Å². The number of hydrogen-bond acceptors (Lipinski definition) is 2. The minimum atomic E-state index is -0.557. The third kappa shape index (κ3) is 4.47. The molecule has 0 bridgehead atoms. The average Bonchev–Trinajstić information content (AvgIpc) is 2.49. The number of hydrogen-bond donors (Lipinski definition) is 2. The first kappa shape index (κ1) is 17.5. The quantitative estimate of drug-likeness (QED) is 0.718. The third-order valence-corrected chi connectivity index (χ3v) is 4.54. The fraction of sp³-hybridized carbons (Fsp3) is 0.647. The lowest BCUT2D eigenvalue weighted by Crippen LogP contribution is -2.37. The highest BCUT2D eigenvalue weighted by Gasteiger charge is 2.33. The smallest absolute Gasteiger partial charge is 0.0550 e. The van der Waals surface area contributed by atoms with Crippen LogP contribution in [0.25, 0.3) is 0 Å². The number of rotatable bonds is 9. The Kier molecular flexibility index (Phi) is 7.57. The molecule has 114 valence electrons. The van der Waals surface area contributed by atoms with Gasteiger partial charge < -0.3 is 10.2 Å². The first-order chi connectivity index (χ1) is 9.61. The van der Waals surface area contributed by atoms with Crippen LogP contribution in [0.1, 0.15) is 51.5 Å². The molecule has 0 spiro atoms. The van der Waals surface area contributed by atoms with Crippen molar-refractivity contribution in [2.75, 3.05) is 13.2 Å². The van der Waals surface area contributed by atoms with Crippen molar-refractivity contribution in [3.05, 3.63) is 34.9 Å².